The van der Waals surface area contributed by atoms with Crippen LogP contribution >= 0.6 is 0 Å². The van der Waals surface area contributed by atoms with E-state index in [0.29, 0.717) is 0 Å². The number of nitrogens with zero attached hydrogens (tertiary/aromatic N) is 2. The summed E-state index contributed by atoms with van der Waals surface area (Å²) < 4.78 is 2.10. The Hall–Kier alpha value is -1.83. The Bertz CT molecular complexity index is 763. The summed E-state index contributed by atoms with van der Waals surface area (Å²) in [6.45, 7) is 21.9. The quantitative estimate of drug-likeness (QED) is 0.648. The fourth-order valence-electron chi connectivity index (χ4n) is 3.50. The van der Waals surface area contributed by atoms with Crippen LogP contribution in [0.25, 0.3) is 0 Å². The monoisotopic (exact) mass is 310 g/mol. The molecule has 23 heavy (non-hydrogen) atoms. The first-order valence-corrected chi connectivity index (χ1v) is 8.37. The predicted molar refractivity (Wildman–Crippen MR) is 101 cm³/mol. The second-order valence-electron chi connectivity index (χ2n) is 6.92. The zero-order valence-corrected chi connectivity index (χ0v) is 16.4. The summed E-state index contributed by atoms with van der Waals surface area (Å²) in [7, 11) is 0. The van der Waals surface area contributed by atoms with Crippen molar-refractivity contribution in [3.63, 3.8) is 0 Å². The van der Waals surface area contributed by atoms with E-state index in [2.05, 4.69) is 73.9 Å². The Balaban J connectivity index is 2.72. The summed E-state index contributed by atoms with van der Waals surface area (Å²) in [5.74, 6) is 0. The summed E-state index contributed by atoms with van der Waals surface area (Å²) in [4.78, 5) is 0. The molecule has 124 valence electrons. The highest BCUT2D eigenvalue weighted by atomic mass is 15.4. The zero-order valence-electron chi connectivity index (χ0n) is 16.4. The Morgan fingerprint density at radius 3 is 1.30 bits per heavy atom. The molecule has 0 saturated heterocycles. The Labute approximate surface area is 141 Å². The van der Waals surface area contributed by atoms with Crippen molar-refractivity contribution in [2.24, 2.45) is 5.10 Å². The topological polar surface area (TPSA) is 17.3 Å². The van der Waals surface area contributed by atoms with Crippen LogP contribution in [-0.4, -0.2) is 10.4 Å². The smallest absolute Gasteiger partial charge is 0.0660 e. The first kappa shape index (κ1) is 17.5. The molecule has 0 saturated carbocycles. The molecule has 0 radical (unpaired) electrons. The fourth-order valence-corrected chi connectivity index (χ4v) is 3.50. The molecular formula is C21H30N2. The molecule has 0 amide bonds. The van der Waals surface area contributed by atoms with Crippen LogP contribution in [0.4, 0.5) is 0 Å². The third-order valence-electron chi connectivity index (χ3n) is 5.90. The highest BCUT2D eigenvalue weighted by molar-refractivity contribution is 6.02. The second kappa shape index (κ2) is 5.99. The highest BCUT2D eigenvalue weighted by Crippen LogP contribution is 2.27. The van der Waals surface area contributed by atoms with Crippen molar-refractivity contribution in [3.05, 3.63) is 55.9 Å². The lowest BCUT2D eigenvalue weighted by Gasteiger charge is -2.19. The molecule has 0 spiro atoms. The van der Waals surface area contributed by atoms with Crippen LogP contribution in [0.1, 0.15) is 62.8 Å². The van der Waals surface area contributed by atoms with Gasteiger partial charge in [-0.15, -0.1) is 0 Å². The number of hydrogen-bond acceptors (Lipinski definition) is 1. The molecule has 1 aromatic heterocycles. The molecule has 0 aliphatic rings. The second-order valence-corrected chi connectivity index (χ2v) is 6.92. The lowest BCUT2D eigenvalue weighted by Crippen LogP contribution is -2.10. The van der Waals surface area contributed by atoms with E-state index >= 15 is 0 Å². The molecular weight excluding hydrogens is 280 g/mol. The van der Waals surface area contributed by atoms with Crippen molar-refractivity contribution in [2.75, 3.05) is 0 Å². The van der Waals surface area contributed by atoms with Gasteiger partial charge in [-0.1, -0.05) is 0 Å². The van der Waals surface area contributed by atoms with Gasteiger partial charge in [0.25, 0.3) is 0 Å². The Morgan fingerprint density at radius 1 is 0.565 bits per heavy atom. The van der Waals surface area contributed by atoms with E-state index in [-0.39, 0.29) is 0 Å². The van der Waals surface area contributed by atoms with Crippen molar-refractivity contribution in [2.45, 2.75) is 69.2 Å². The van der Waals surface area contributed by atoms with Gasteiger partial charge in [-0.3, -0.25) is 0 Å². The van der Waals surface area contributed by atoms with Gasteiger partial charge >= 0.3 is 0 Å². The van der Waals surface area contributed by atoms with Gasteiger partial charge in [0, 0.05) is 17.0 Å². The lowest BCUT2D eigenvalue weighted by atomic mass is 9.88. The minimum atomic E-state index is 1.09. The highest BCUT2D eigenvalue weighted by Gasteiger charge is 2.16. The molecule has 2 nitrogen and oxygen atoms in total. The van der Waals surface area contributed by atoms with Crippen molar-refractivity contribution >= 4 is 5.71 Å². The van der Waals surface area contributed by atoms with Crippen molar-refractivity contribution in [1.82, 2.24) is 4.68 Å². The third kappa shape index (κ3) is 2.65. The molecule has 2 aromatic rings. The van der Waals surface area contributed by atoms with E-state index < -0.39 is 0 Å². The SMILES string of the molecule is C/C(=N\n1c(C)c(C)c(C)c1C)c1c(C)c(C)c(C)c(C)c1C. The van der Waals surface area contributed by atoms with Gasteiger partial charge in [0.2, 0.25) is 0 Å². The van der Waals surface area contributed by atoms with Gasteiger partial charge in [0.05, 0.1) is 5.71 Å². The van der Waals surface area contributed by atoms with Crippen LogP contribution in [0.5, 0.6) is 0 Å². The lowest BCUT2D eigenvalue weighted by molar-refractivity contribution is 0.806. The molecule has 0 bridgehead atoms. The van der Waals surface area contributed by atoms with Crippen LogP contribution in [0.2, 0.25) is 0 Å². The average Bonchev–Trinajstić information content (AvgIpc) is 2.69. The van der Waals surface area contributed by atoms with Gasteiger partial charge < -0.3 is 0 Å². The molecule has 2 heteroatoms. The van der Waals surface area contributed by atoms with E-state index in [4.69, 9.17) is 5.10 Å². The van der Waals surface area contributed by atoms with Crippen molar-refractivity contribution < 1.29 is 0 Å². The summed E-state index contributed by atoms with van der Waals surface area (Å²) in [5.41, 5.74) is 14.4. The van der Waals surface area contributed by atoms with Crippen LogP contribution < -0.4 is 0 Å². The van der Waals surface area contributed by atoms with E-state index in [0.717, 1.165) is 5.71 Å². The molecule has 0 fully saturated rings. The molecule has 0 N–H and O–H groups in total. The van der Waals surface area contributed by atoms with E-state index in [1.807, 2.05) is 0 Å². The number of benzene rings is 1. The van der Waals surface area contributed by atoms with Gasteiger partial charge in [0.1, 0.15) is 0 Å². The van der Waals surface area contributed by atoms with Crippen LogP contribution in [0, 0.1) is 62.3 Å². The summed E-state index contributed by atoms with van der Waals surface area (Å²) in [5, 5.41) is 4.98. The summed E-state index contributed by atoms with van der Waals surface area (Å²) >= 11 is 0. The maximum atomic E-state index is 4.98. The average molecular weight is 310 g/mol. The standard InChI is InChI=1S/C21H30N2/c1-11-12(2)16(6)21(17(7)13(11)3)18(8)22-23-19(9)14(4)15(5)20(23)10/h1-10H3/b22-18+. The van der Waals surface area contributed by atoms with Crippen LogP contribution in [-0.2, 0) is 0 Å². The zero-order chi connectivity index (χ0) is 17.6. The van der Waals surface area contributed by atoms with E-state index in [1.54, 1.807) is 0 Å². The summed E-state index contributed by atoms with van der Waals surface area (Å²) in [6.07, 6.45) is 0. The maximum Gasteiger partial charge on any atom is 0.0660 e. The normalized spacial score (nSPS) is 12.2. The Morgan fingerprint density at radius 2 is 0.913 bits per heavy atom. The fraction of sp³-hybridized carbons (Fsp3) is 0.476. The van der Waals surface area contributed by atoms with Crippen molar-refractivity contribution in [1.29, 1.82) is 0 Å². The molecule has 2 rings (SSSR count). The molecule has 0 aliphatic carbocycles. The molecule has 0 aliphatic heterocycles. The van der Waals surface area contributed by atoms with Gasteiger partial charge in [-0.05, 0) is 108 Å². The molecule has 1 aromatic carbocycles. The number of aromatic nitrogens is 1. The van der Waals surface area contributed by atoms with Crippen LogP contribution in [0.15, 0.2) is 5.10 Å². The number of hydrogen-bond donors (Lipinski definition) is 0. The first-order chi connectivity index (χ1) is 10.6. The largest absolute Gasteiger partial charge is 0.242 e. The van der Waals surface area contributed by atoms with Crippen molar-refractivity contribution in [3.8, 4) is 0 Å². The third-order valence-corrected chi connectivity index (χ3v) is 5.90. The first-order valence-electron chi connectivity index (χ1n) is 8.37. The van der Waals surface area contributed by atoms with E-state index in [1.165, 1.54) is 55.9 Å². The van der Waals surface area contributed by atoms with Gasteiger partial charge in [0.15, 0.2) is 0 Å². The summed E-state index contributed by atoms with van der Waals surface area (Å²) in [6, 6.07) is 0. The molecule has 1 heterocycles. The van der Waals surface area contributed by atoms with Crippen LogP contribution in [0.3, 0.4) is 0 Å². The predicted octanol–water partition coefficient (Wildman–Crippen LogP) is 5.54. The van der Waals surface area contributed by atoms with Gasteiger partial charge in [-0.25, -0.2) is 4.68 Å². The molecule has 0 atom stereocenters. The minimum Gasteiger partial charge on any atom is -0.242 e. The number of rotatable bonds is 2. The van der Waals surface area contributed by atoms with Gasteiger partial charge in [-0.2, -0.15) is 5.10 Å². The van der Waals surface area contributed by atoms with E-state index in [9.17, 15) is 0 Å². The Kier molecular flexibility index (Phi) is 4.57. The maximum absolute atomic E-state index is 4.98. The molecule has 0 unspecified atom stereocenters. The minimum absolute atomic E-state index is 1.09.